The predicted molar refractivity (Wildman–Crippen MR) is 68.3 cm³/mol. The zero-order valence-electron chi connectivity index (χ0n) is 10.4. The largest absolute Gasteiger partial charge is 0.371 e. The van der Waals surface area contributed by atoms with Gasteiger partial charge < -0.3 is 10.2 Å². The van der Waals surface area contributed by atoms with Crippen LogP contribution in [0.5, 0.6) is 0 Å². The Hall–Kier alpha value is -1.70. The van der Waals surface area contributed by atoms with Crippen molar-refractivity contribution in [2.45, 2.75) is 0 Å². The summed E-state index contributed by atoms with van der Waals surface area (Å²) in [4.78, 5) is 17.2. The average molecular weight is 287 g/mol. The number of hydrogen-bond donors (Lipinski definition) is 1. The Kier molecular flexibility index (Phi) is 3.70. The molecule has 2 heterocycles. The van der Waals surface area contributed by atoms with Gasteiger partial charge in [-0.25, -0.2) is 17.8 Å². The summed E-state index contributed by atoms with van der Waals surface area (Å²) in [7, 11) is -1.56. The first-order chi connectivity index (χ1) is 8.94. The lowest BCUT2D eigenvalue weighted by molar-refractivity contribution is 0.0765. The summed E-state index contributed by atoms with van der Waals surface area (Å²) >= 11 is 0. The molecule has 1 saturated heterocycles. The topological polar surface area (TPSA) is 79.4 Å². The zero-order valence-corrected chi connectivity index (χ0v) is 11.2. The molecule has 1 aliphatic rings. The number of anilines is 1. The Bertz CT molecular complexity index is 589. The number of nitrogens with one attached hydrogen (secondary N) is 1. The van der Waals surface area contributed by atoms with Crippen molar-refractivity contribution < 1.29 is 17.6 Å². The number of pyridine rings is 1. The van der Waals surface area contributed by atoms with Crippen LogP contribution in [0.3, 0.4) is 0 Å². The molecule has 0 spiro atoms. The molecule has 19 heavy (non-hydrogen) atoms. The molecule has 0 bridgehead atoms. The third kappa shape index (κ3) is 2.83. The number of nitrogens with zero attached hydrogens (tertiary/aromatic N) is 2. The van der Waals surface area contributed by atoms with Crippen molar-refractivity contribution >= 4 is 21.6 Å². The van der Waals surface area contributed by atoms with Crippen molar-refractivity contribution in [3.8, 4) is 0 Å². The molecule has 6 nitrogen and oxygen atoms in total. The van der Waals surface area contributed by atoms with Crippen LogP contribution in [0.2, 0.25) is 0 Å². The fraction of sp³-hybridized carbons (Fsp3) is 0.455. The number of sulfone groups is 1. The molecule has 0 radical (unpaired) electrons. The van der Waals surface area contributed by atoms with Crippen molar-refractivity contribution in [2.24, 2.45) is 0 Å². The van der Waals surface area contributed by atoms with Crippen LogP contribution in [-0.4, -0.2) is 55.9 Å². The molecule has 1 N–H and O–H groups in total. The van der Waals surface area contributed by atoms with E-state index in [0.717, 1.165) is 0 Å². The molecule has 0 unspecified atom stereocenters. The smallest absolute Gasteiger partial charge is 0.257 e. The second kappa shape index (κ2) is 5.12. The van der Waals surface area contributed by atoms with E-state index < -0.39 is 21.6 Å². The van der Waals surface area contributed by atoms with Crippen LogP contribution in [0.1, 0.15) is 10.4 Å². The summed E-state index contributed by atoms with van der Waals surface area (Å²) in [6, 6.07) is 1.29. The third-order valence-electron chi connectivity index (χ3n) is 2.99. The van der Waals surface area contributed by atoms with E-state index in [4.69, 9.17) is 0 Å². The summed E-state index contributed by atoms with van der Waals surface area (Å²) in [5.41, 5.74) is -0.0985. The highest BCUT2D eigenvalue weighted by atomic mass is 32.2. The van der Waals surface area contributed by atoms with E-state index in [1.165, 1.54) is 24.2 Å². The molecule has 1 aromatic heterocycles. The van der Waals surface area contributed by atoms with Crippen LogP contribution < -0.4 is 5.32 Å². The molecule has 1 amide bonds. The average Bonchev–Trinajstić information content (AvgIpc) is 2.38. The molecule has 0 aliphatic carbocycles. The lowest BCUT2D eigenvalue weighted by Crippen LogP contribution is -2.44. The lowest BCUT2D eigenvalue weighted by Gasteiger charge is -2.27. The number of aromatic nitrogens is 1. The normalized spacial score (nSPS) is 18.1. The number of carbonyl (C=O) groups excluding carboxylic acids is 1. The van der Waals surface area contributed by atoms with Crippen molar-refractivity contribution in [3.05, 3.63) is 23.6 Å². The van der Waals surface area contributed by atoms with E-state index in [1.807, 2.05) is 0 Å². The van der Waals surface area contributed by atoms with Gasteiger partial charge >= 0.3 is 0 Å². The number of hydrogen-bond acceptors (Lipinski definition) is 5. The fourth-order valence-corrected chi connectivity index (χ4v) is 3.07. The van der Waals surface area contributed by atoms with Gasteiger partial charge in [-0.05, 0) is 6.07 Å². The molecule has 0 atom stereocenters. The van der Waals surface area contributed by atoms with Gasteiger partial charge in [-0.15, -0.1) is 0 Å². The van der Waals surface area contributed by atoms with Crippen molar-refractivity contribution in [1.29, 1.82) is 0 Å². The van der Waals surface area contributed by atoms with Crippen LogP contribution in [-0.2, 0) is 9.84 Å². The highest BCUT2D eigenvalue weighted by Crippen LogP contribution is 2.17. The van der Waals surface area contributed by atoms with Gasteiger partial charge in [0.25, 0.3) is 5.91 Å². The molecule has 0 saturated carbocycles. The Labute approximate surface area is 110 Å². The minimum atomic E-state index is -3.07. The second-order valence-corrected chi connectivity index (χ2v) is 6.52. The summed E-state index contributed by atoms with van der Waals surface area (Å²) in [6.45, 7) is 0.190. The first-order valence-corrected chi connectivity index (χ1v) is 7.59. The first kappa shape index (κ1) is 13.7. The summed E-state index contributed by atoms with van der Waals surface area (Å²) in [6.07, 6.45) is 1.34. The predicted octanol–water partition coefficient (Wildman–Crippen LogP) is 0.133. The number of halogens is 1. The van der Waals surface area contributed by atoms with E-state index in [-0.39, 0.29) is 36.0 Å². The van der Waals surface area contributed by atoms with Gasteiger partial charge in [0.1, 0.15) is 0 Å². The molecule has 2 rings (SSSR count). The monoisotopic (exact) mass is 287 g/mol. The third-order valence-corrected chi connectivity index (χ3v) is 4.60. The number of rotatable bonds is 2. The molecular formula is C11H14FN3O3S. The van der Waals surface area contributed by atoms with Gasteiger partial charge in [0.2, 0.25) is 0 Å². The highest BCUT2D eigenvalue weighted by molar-refractivity contribution is 7.91. The van der Waals surface area contributed by atoms with Crippen LogP contribution in [0.4, 0.5) is 10.2 Å². The van der Waals surface area contributed by atoms with E-state index in [2.05, 4.69) is 10.3 Å². The molecule has 0 aromatic carbocycles. The molecule has 104 valence electrons. The quantitative estimate of drug-likeness (QED) is 0.836. The van der Waals surface area contributed by atoms with Crippen LogP contribution in [0.15, 0.2) is 12.3 Å². The number of amides is 1. The SMILES string of the molecule is CNc1nccc(C(=O)N2CCS(=O)(=O)CC2)c1F. The molecule has 1 aromatic rings. The van der Waals surface area contributed by atoms with Gasteiger partial charge in [-0.2, -0.15) is 0 Å². The van der Waals surface area contributed by atoms with Gasteiger partial charge in [0, 0.05) is 26.3 Å². The Morgan fingerprint density at radius 1 is 1.42 bits per heavy atom. The molecule has 8 heteroatoms. The summed E-state index contributed by atoms with van der Waals surface area (Å²) in [5.74, 6) is -1.39. The molecule has 1 aliphatic heterocycles. The minimum absolute atomic E-state index is 0.00418. The molecular weight excluding hydrogens is 273 g/mol. The second-order valence-electron chi connectivity index (χ2n) is 4.22. The van der Waals surface area contributed by atoms with E-state index in [9.17, 15) is 17.6 Å². The van der Waals surface area contributed by atoms with Crippen molar-refractivity contribution in [2.75, 3.05) is 37.0 Å². The molecule has 1 fully saturated rings. The maximum Gasteiger partial charge on any atom is 0.257 e. The maximum absolute atomic E-state index is 13.9. The standard InChI is InChI=1S/C11H14FN3O3S/c1-13-10-9(12)8(2-3-14-10)11(16)15-4-6-19(17,18)7-5-15/h2-3H,4-7H2,1H3,(H,13,14). The maximum atomic E-state index is 13.9. The van der Waals surface area contributed by atoms with Crippen molar-refractivity contribution in [1.82, 2.24) is 9.88 Å². The van der Waals surface area contributed by atoms with Gasteiger partial charge in [0.05, 0.1) is 17.1 Å². The first-order valence-electron chi connectivity index (χ1n) is 5.76. The van der Waals surface area contributed by atoms with Gasteiger partial charge in [-0.3, -0.25) is 4.79 Å². The van der Waals surface area contributed by atoms with Crippen molar-refractivity contribution in [3.63, 3.8) is 0 Å². The van der Waals surface area contributed by atoms with E-state index >= 15 is 0 Å². The van der Waals surface area contributed by atoms with E-state index in [1.54, 1.807) is 0 Å². The number of carbonyl (C=O) groups is 1. The Morgan fingerprint density at radius 3 is 2.63 bits per heavy atom. The fourth-order valence-electron chi connectivity index (χ4n) is 1.87. The zero-order chi connectivity index (χ0) is 14.0. The van der Waals surface area contributed by atoms with Crippen LogP contribution >= 0.6 is 0 Å². The minimum Gasteiger partial charge on any atom is -0.371 e. The van der Waals surface area contributed by atoms with Crippen LogP contribution in [0.25, 0.3) is 0 Å². The highest BCUT2D eigenvalue weighted by Gasteiger charge is 2.27. The Balaban J connectivity index is 2.21. The summed E-state index contributed by atoms with van der Waals surface area (Å²) < 4.78 is 36.5. The van der Waals surface area contributed by atoms with Crippen LogP contribution in [0, 0.1) is 5.82 Å². The van der Waals surface area contributed by atoms with E-state index in [0.29, 0.717) is 0 Å². The van der Waals surface area contributed by atoms with Gasteiger partial charge in [0.15, 0.2) is 21.5 Å². The van der Waals surface area contributed by atoms with Gasteiger partial charge in [-0.1, -0.05) is 0 Å². The Morgan fingerprint density at radius 2 is 2.05 bits per heavy atom. The lowest BCUT2D eigenvalue weighted by atomic mass is 10.2. The summed E-state index contributed by atoms with van der Waals surface area (Å²) in [5, 5.41) is 2.55.